The van der Waals surface area contributed by atoms with Crippen LogP contribution < -0.4 is 0 Å². The second-order valence-corrected chi connectivity index (χ2v) is 4.29. The van der Waals surface area contributed by atoms with E-state index in [0.29, 0.717) is 12.4 Å². The summed E-state index contributed by atoms with van der Waals surface area (Å²) in [5.41, 5.74) is 0. The maximum Gasteiger partial charge on any atom is 0.115 e. The van der Waals surface area contributed by atoms with Gasteiger partial charge in [0.15, 0.2) is 0 Å². The third-order valence-electron chi connectivity index (χ3n) is 1.91. The Morgan fingerprint density at radius 2 is 1.71 bits per heavy atom. The summed E-state index contributed by atoms with van der Waals surface area (Å²) in [6.45, 7) is 0.296. The van der Waals surface area contributed by atoms with Gasteiger partial charge in [-0.3, -0.25) is 0 Å². The van der Waals surface area contributed by atoms with Gasteiger partial charge in [0, 0.05) is 11.5 Å². The summed E-state index contributed by atoms with van der Waals surface area (Å²) in [6, 6.07) is 7.25. The molecule has 0 amide bonds. The van der Waals surface area contributed by atoms with E-state index in [1.807, 2.05) is 12.1 Å². The molecule has 1 aromatic carbocycles. The lowest BCUT2D eigenvalue weighted by Gasteiger charge is -2.01. The standard InChI is InChI=1S/C11H16O2S/c12-8-2-1-3-9-14-11-6-4-10(13)5-7-11/h4-7,12-13H,1-3,8-9H2. The van der Waals surface area contributed by atoms with Crippen molar-refractivity contribution in [2.24, 2.45) is 0 Å². The molecule has 1 rings (SSSR count). The zero-order chi connectivity index (χ0) is 10.2. The highest BCUT2D eigenvalue weighted by atomic mass is 32.2. The maximum atomic E-state index is 9.06. The monoisotopic (exact) mass is 212 g/mol. The molecular formula is C11H16O2S. The zero-order valence-electron chi connectivity index (χ0n) is 8.15. The van der Waals surface area contributed by atoms with Gasteiger partial charge in [0.1, 0.15) is 5.75 Å². The SMILES string of the molecule is OCCCCCSc1ccc(O)cc1. The van der Waals surface area contributed by atoms with E-state index in [1.54, 1.807) is 23.9 Å². The number of phenolic OH excluding ortho intramolecular Hbond substituents is 1. The van der Waals surface area contributed by atoms with Crippen LogP contribution in [-0.4, -0.2) is 22.6 Å². The maximum absolute atomic E-state index is 9.06. The van der Waals surface area contributed by atoms with E-state index >= 15 is 0 Å². The van der Waals surface area contributed by atoms with E-state index in [0.717, 1.165) is 25.0 Å². The van der Waals surface area contributed by atoms with E-state index in [1.165, 1.54) is 4.90 Å². The fraction of sp³-hybridized carbons (Fsp3) is 0.455. The molecule has 14 heavy (non-hydrogen) atoms. The molecule has 0 saturated carbocycles. The van der Waals surface area contributed by atoms with Crippen molar-refractivity contribution in [3.8, 4) is 5.75 Å². The Morgan fingerprint density at radius 3 is 2.36 bits per heavy atom. The number of hydrogen-bond acceptors (Lipinski definition) is 3. The van der Waals surface area contributed by atoms with E-state index in [9.17, 15) is 0 Å². The Hall–Kier alpha value is -0.670. The molecule has 0 unspecified atom stereocenters. The molecule has 0 fully saturated rings. The van der Waals surface area contributed by atoms with Crippen molar-refractivity contribution < 1.29 is 10.2 Å². The molecule has 0 radical (unpaired) electrons. The molecule has 0 atom stereocenters. The van der Waals surface area contributed by atoms with Crippen LogP contribution in [0.4, 0.5) is 0 Å². The van der Waals surface area contributed by atoms with Gasteiger partial charge >= 0.3 is 0 Å². The molecule has 3 heteroatoms. The largest absolute Gasteiger partial charge is 0.508 e. The zero-order valence-corrected chi connectivity index (χ0v) is 8.96. The predicted molar refractivity (Wildman–Crippen MR) is 59.8 cm³/mol. The highest BCUT2D eigenvalue weighted by Crippen LogP contribution is 2.21. The van der Waals surface area contributed by atoms with Crippen molar-refractivity contribution in [3.05, 3.63) is 24.3 Å². The minimum atomic E-state index is 0.296. The summed E-state index contributed by atoms with van der Waals surface area (Å²) < 4.78 is 0. The molecule has 2 nitrogen and oxygen atoms in total. The molecule has 0 spiro atoms. The average Bonchev–Trinajstić information content (AvgIpc) is 2.21. The van der Waals surface area contributed by atoms with Gasteiger partial charge in [0.25, 0.3) is 0 Å². The highest BCUT2D eigenvalue weighted by molar-refractivity contribution is 7.99. The molecule has 0 aliphatic carbocycles. The van der Waals surface area contributed by atoms with Crippen LogP contribution in [0.2, 0.25) is 0 Å². The molecule has 0 aliphatic rings. The van der Waals surface area contributed by atoms with Gasteiger partial charge in [-0.2, -0.15) is 0 Å². The van der Waals surface area contributed by atoms with Crippen molar-refractivity contribution in [1.82, 2.24) is 0 Å². The molecule has 2 N–H and O–H groups in total. The van der Waals surface area contributed by atoms with Crippen molar-refractivity contribution >= 4 is 11.8 Å². The number of aliphatic hydroxyl groups excluding tert-OH is 1. The third-order valence-corrected chi connectivity index (χ3v) is 3.01. The van der Waals surface area contributed by atoms with Gasteiger partial charge in [-0.05, 0) is 42.9 Å². The lowest BCUT2D eigenvalue weighted by Crippen LogP contribution is -1.85. The van der Waals surface area contributed by atoms with E-state index < -0.39 is 0 Å². The first-order valence-corrected chi connectivity index (χ1v) is 5.84. The highest BCUT2D eigenvalue weighted by Gasteiger charge is 1.94. The molecule has 78 valence electrons. The van der Waals surface area contributed by atoms with Crippen LogP contribution in [0.3, 0.4) is 0 Å². The first-order valence-electron chi connectivity index (χ1n) is 4.85. The number of aliphatic hydroxyl groups is 1. The third kappa shape index (κ3) is 4.53. The van der Waals surface area contributed by atoms with Crippen molar-refractivity contribution in [1.29, 1.82) is 0 Å². The molecule has 0 bridgehead atoms. The second-order valence-electron chi connectivity index (χ2n) is 3.13. The summed E-state index contributed by atoms with van der Waals surface area (Å²) in [7, 11) is 0. The second kappa shape index (κ2) is 6.74. The molecule has 0 aliphatic heterocycles. The van der Waals surface area contributed by atoms with Gasteiger partial charge in [0.2, 0.25) is 0 Å². The van der Waals surface area contributed by atoms with Gasteiger partial charge in [-0.25, -0.2) is 0 Å². The smallest absolute Gasteiger partial charge is 0.115 e. The molecular weight excluding hydrogens is 196 g/mol. The fourth-order valence-corrected chi connectivity index (χ4v) is 2.04. The average molecular weight is 212 g/mol. The Bertz CT molecular complexity index is 246. The minimum Gasteiger partial charge on any atom is -0.508 e. The summed E-state index contributed by atoms with van der Waals surface area (Å²) >= 11 is 1.79. The van der Waals surface area contributed by atoms with Crippen LogP contribution in [0, 0.1) is 0 Å². The summed E-state index contributed by atoms with van der Waals surface area (Å²) in [6.07, 6.45) is 3.11. The lowest BCUT2D eigenvalue weighted by atomic mass is 10.3. The topological polar surface area (TPSA) is 40.5 Å². The summed E-state index contributed by atoms with van der Waals surface area (Å²) in [4.78, 5) is 1.19. The number of aromatic hydroxyl groups is 1. The van der Waals surface area contributed by atoms with Crippen LogP contribution in [0.25, 0.3) is 0 Å². The van der Waals surface area contributed by atoms with Crippen LogP contribution >= 0.6 is 11.8 Å². The number of rotatable bonds is 6. The van der Waals surface area contributed by atoms with Crippen LogP contribution in [0.5, 0.6) is 5.75 Å². The normalized spacial score (nSPS) is 10.4. The first kappa shape index (κ1) is 11.4. The van der Waals surface area contributed by atoms with Gasteiger partial charge in [-0.15, -0.1) is 11.8 Å². The first-order chi connectivity index (χ1) is 6.83. The number of thioether (sulfide) groups is 1. The van der Waals surface area contributed by atoms with Crippen LogP contribution in [-0.2, 0) is 0 Å². The quantitative estimate of drug-likeness (QED) is 0.562. The van der Waals surface area contributed by atoms with Crippen LogP contribution in [0.15, 0.2) is 29.2 Å². The Morgan fingerprint density at radius 1 is 1.00 bits per heavy atom. The number of benzene rings is 1. The Labute approximate surface area is 89.0 Å². The predicted octanol–water partition coefficient (Wildman–Crippen LogP) is 2.65. The number of hydrogen-bond donors (Lipinski definition) is 2. The van der Waals surface area contributed by atoms with Gasteiger partial charge < -0.3 is 10.2 Å². The molecule has 0 saturated heterocycles. The van der Waals surface area contributed by atoms with Crippen molar-refractivity contribution in [3.63, 3.8) is 0 Å². The number of unbranched alkanes of at least 4 members (excludes halogenated alkanes) is 2. The lowest BCUT2D eigenvalue weighted by molar-refractivity contribution is 0.284. The van der Waals surface area contributed by atoms with E-state index in [-0.39, 0.29) is 0 Å². The summed E-state index contributed by atoms with van der Waals surface area (Å²) in [5.74, 6) is 1.39. The van der Waals surface area contributed by atoms with Crippen molar-refractivity contribution in [2.45, 2.75) is 24.2 Å². The van der Waals surface area contributed by atoms with Gasteiger partial charge in [0.05, 0.1) is 0 Å². The molecule has 0 aromatic heterocycles. The molecule has 1 aromatic rings. The Kier molecular flexibility index (Phi) is 5.49. The Balaban J connectivity index is 2.15. The van der Waals surface area contributed by atoms with E-state index in [4.69, 9.17) is 10.2 Å². The van der Waals surface area contributed by atoms with Crippen molar-refractivity contribution in [2.75, 3.05) is 12.4 Å². The van der Waals surface area contributed by atoms with Crippen LogP contribution in [0.1, 0.15) is 19.3 Å². The number of phenols is 1. The molecule has 0 heterocycles. The summed E-state index contributed by atoms with van der Waals surface area (Å²) in [5, 5.41) is 17.6. The fourth-order valence-electron chi connectivity index (χ4n) is 1.12. The van der Waals surface area contributed by atoms with E-state index in [2.05, 4.69) is 0 Å². The van der Waals surface area contributed by atoms with Gasteiger partial charge in [-0.1, -0.05) is 6.42 Å². The minimum absolute atomic E-state index is 0.296.